The Morgan fingerprint density at radius 2 is 1.68 bits per heavy atom. The third kappa shape index (κ3) is 8.10. The van der Waals surface area contributed by atoms with Gasteiger partial charge in [-0.15, -0.1) is 23.1 Å². The lowest BCUT2D eigenvalue weighted by molar-refractivity contribution is -0.115. The van der Waals surface area contributed by atoms with Crippen molar-refractivity contribution in [1.29, 1.82) is 0 Å². The molecule has 1 atom stereocenters. The van der Waals surface area contributed by atoms with Crippen molar-refractivity contribution in [2.24, 2.45) is 0 Å². The first-order valence-electron chi connectivity index (χ1n) is 13.8. The van der Waals surface area contributed by atoms with E-state index in [1.165, 1.54) is 40.0 Å². The van der Waals surface area contributed by atoms with Crippen LogP contribution in [0.15, 0.2) is 106 Å². The third-order valence-electron chi connectivity index (χ3n) is 6.51. The highest BCUT2D eigenvalue weighted by Gasteiger charge is 2.19. The Labute approximate surface area is 268 Å². The maximum absolute atomic E-state index is 13.3. The SMILES string of the molecule is Cc1ccc(-c2nc(NC(=O)C(C)Sc3cccc(NC(=O)/C(=C/c4ccsc4)NC(=O)c4ccccc4)c3)sc2C)cc1. The van der Waals surface area contributed by atoms with Gasteiger partial charge in [0, 0.05) is 26.6 Å². The molecule has 0 saturated carbocycles. The summed E-state index contributed by atoms with van der Waals surface area (Å²) in [4.78, 5) is 45.7. The second-order valence-corrected chi connectivity index (χ2v) is 13.4. The van der Waals surface area contributed by atoms with E-state index in [0.717, 1.165) is 26.6 Å². The number of rotatable bonds is 10. The summed E-state index contributed by atoms with van der Waals surface area (Å²) < 4.78 is 0. The second-order valence-electron chi connectivity index (χ2n) is 9.96. The smallest absolute Gasteiger partial charge is 0.272 e. The minimum Gasteiger partial charge on any atom is -0.321 e. The van der Waals surface area contributed by atoms with Crippen LogP contribution in [-0.4, -0.2) is 28.0 Å². The van der Waals surface area contributed by atoms with Gasteiger partial charge < -0.3 is 16.0 Å². The number of thiazole rings is 1. The number of thiophene rings is 1. The van der Waals surface area contributed by atoms with Gasteiger partial charge in [-0.1, -0.05) is 54.1 Å². The highest BCUT2D eigenvalue weighted by Crippen LogP contribution is 2.32. The minimum absolute atomic E-state index is 0.117. The van der Waals surface area contributed by atoms with E-state index in [9.17, 15) is 14.4 Å². The van der Waals surface area contributed by atoms with Crippen LogP contribution >= 0.6 is 34.4 Å². The first kappa shape index (κ1) is 30.9. The summed E-state index contributed by atoms with van der Waals surface area (Å²) in [5.74, 6) is -1.01. The number of aromatic nitrogens is 1. The van der Waals surface area contributed by atoms with Crippen molar-refractivity contribution in [2.45, 2.75) is 30.9 Å². The number of nitrogens with zero attached hydrogens (tertiary/aromatic N) is 1. The number of amides is 3. The first-order valence-corrected chi connectivity index (χ1v) is 16.4. The lowest BCUT2D eigenvalue weighted by Crippen LogP contribution is -2.30. The zero-order valence-electron chi connectivity index (χ0n) is 24.3. The lowest BCUT2D eigenvalue weighted by atomic mass is 10.1. The highest BCUT2D eigenvalue weighted by atomic mass is 32.2. The molecule has 0 aliphatic carbocycles. The van der Waals surface area contributed by atoms with Crippen molar-refractivity contribution in [3.8, 4) is 11.3 Å². The molecule has 5 rings (SSSR count). The highest BCUT2D eigenvalue weighted by molar-refractivity contribution is 8.00. The molecule has 44 heavy (non-hydrogen) atoms. The molecular formula is C34H30N4O3S3. The summed E-state index contributed by atoms with van der Waals surface area (Å²) in [7, 11) is 0. The van der Waals surface area contributed by atoms with Gasteiger partial charge in [0.1, 0.15) is 5.70 Å². The Kier molecular flexibility index (Phi) is 10.1. The molecule has 2 aromatic heterocycles. The van der Waals surface area contributed by atoms with Gasteiger partial charge in [-0.2, -0.15) is 11.3 Å². The molecule has 5 aromatic rings. The number of carbonyl (C=O) groups excluding carboxylic acids is 3. The van der Waals surface area contributed by atoms with E-state index in [1.54, 1.807) is 42.5 Å². The number of hydrogen-bond acceptors (Lipinski definition) is 7. The fourth-order valence-corrected chi connectivity index (χ4v) is 6.59. The van der Waals surface area contributed by atoms with Crippen LogP contribution in [0.5, 0.6) is 0 Å². The molecular weight excluding hydrogens is 609 g/mol. The van der Waals surface area contributed by atoms with Crippen LogP contribution in [0.1, 0.15) is 33.3 Å². The van der Waals surface area contributed by atoms with E-state index in [2.05, 4.69) is 20.9 Å². The van der Waals surface area contributed by atoms with Gasteiger partial charge in [0.2, 0.25) is 5.91 Å². The predicted octanol–water partition coefficient (Wildman–Crippen LogP) is 8.02. The van der Waals surface area contributed by atoms with Crippen LogP contribution in [0.25, 0.3) is 17.3 Å². The molecule has 0 aliphatic heterocycles. The summed E-state index contributed by atoms with van der Waals surface area (Å²) in [5, 5.41) is 12.5. The molecule has 0 spiro atoms. The van der Waals surface area contributed by atoms with Crippen molar-refractivity contribution in [2.75, 3.05) is 10.6 Å². The Hall–Kier alpha value is -4.51. The van der Waals surface area contributed by atoms with Gasteiger partial charge in [-0.3, -0.25) is 14.4 Å². The van der Waals surface area contributed by atoms with E-state index in [4.69, 9.17) is 0 Å². The lowest BCUT2D eigenvalue weighted by Gasteiger charge is -2.13. The summed E-state index contributed by atoms with van der Waals surface area (Å²) in [6.45, 7) is 5.86. The van der Waals surface area contributed by atoms with Gasteiger partial charge >= 0.3 is 0 Å². The summed E-state index contributed by atoms with van der Waals surface area (Å²) in [6, 6.07) is 26.0. The predicted molar refractivity (Wildman–Crippen MR) is 182 cm³/mol. The third-order valence-corrected chi connectivity index (χ3v) is 9.19. The van der Waals surface area contributed by atoms with Crippen LogP contribution < -0.4 is 16.0 Å². The Balaban J connectivity index is 1.24. The number of hydrogen-bond donors (Lipinski definition) is 3. The molecule has 3 aromatic carbocycles. The van der Waals surface area contributed by atoms with Crippen LogP contribution in [0.4, 0.5) is 10.8 Å². The van der Waals surface area contributed by atoms with Gasteiger partial charge in [-0.25, -0.2) is 4.98 Å². The molecule has 0 saturated heterocycles. The molecule has 222 valence electrons. The second kappa shape index (κ2) is 14.3. The number of thioether (sulfide) groups is 1. The van der Waals surface area contributed by atoms with E-state index < -0.39 is 11.2 Å². The van der Waals surface area contributed by atoms with Crippen molar-refractivity contribution in [1.82, 2.24) is 10.3 Å². The number of carbonyl (C=O) groups is 3. The molecule has 7 nitrogen and oxygen atoms in total. The summed E-state index contributed by atoms with van der Waals surface area (Å²) in [6.07, 6.45) is 1.64. The van der Waals surface area contributed by atoms with Crippen LogP contribution in [-0.2, 0) is 9.59 Å². The van der Waals surface area contributed by atoms with E-state index in [0.29, 0.717) is 16.4 Å². The maximum atomic E-state index is 13.3. The monoisotopic (exact) mass is 638 g/mol. The molecule has 0 bridgehead atoms. The van der Waals surface area contributed by atoms with Crippen LogP contribution in [0.2, 0.25) is 0 Å². The minimum atomic E-state index is -0.461. The van der Waals surface area contributed by atoms with Crippen LogP contribution in [0, 0.1) is 13.8 Å². The van der Waals surface area contributed by atoms with Crippen molar-refractivity contribution in [3.63, 3.8) is 0 Å². The quantitative estimate of drug-likeness (QED) is 0.106. The number of nitrogens with one attached hydrogen (secondary N) is 3. The zero-order chi connectivity index (χ0) is 31.1. The topological polar surface area (TPSA) is 100 Å². The summed E-state index contributed by atoms with van der Waals surface area (Å²) in [5.41, 5.74) is 4.96. The number of aryl methyl sites for hydroxylation is 2. The standard InChI is InChI=1S/C34H30N4O3S3/c1-21-12-14-25(15-13-21)30-22(2)44-34(37-30)38-31(39)23(3)43-28-11-7-10-27(19-28)35-33(41)29(18-24-16-17-42-20-24)36-32(40)26-8-5-4-6-9-26/h4-20,23H,1-3H3,(H,35,41)(H,36,40)(H,37,38,39)/b29-18-. The molecule has 0 aliphatic rings. The Morgan fingerprint density at radius 3 is 2.41 bits per heavy atom. The van der Waals surface area contributed by atoms with E-state index >= 15 is 0 Å². The zero-order valence-corrected chi connectivity index (χ0v) is 26.7. The molecule has 0 radical (unpaired) electrons. The van der Waals surface area contributed by atoms with Crippen molar-refractivity contribution < 1.29 is 14.4 Å². The average Bonchev–Trinajstić information content (AvgIpc) is 3.67. The normalized spacial score (nSPS) is 11.9. The molecule has 3 amide bonds. The van der Waals surface area contributed by atoms with Crippen LogP contribution in [0.3, 0.4) is 0 Å². The van der Waals surface area contributed by atoms with Crippen molar-refractivity contribution >= 4 is 69.1 Å². The fraction of sp³-hybridized carbons (Fsp3) is 0.118. The summed E-state index contributed by atoms with van der Waals surface area (Å²) >= 11 is 4.31. The van der Waals surface area contributed by atoms with Crippen molar-refractivity contribution in [3.05, 3.63) is 123 Å². The Morgan fingerprint density at radius 1 is 0.909 bits per heavy atom. The molecule has 1 unspecified atom stereocenters. The maximum Gasteiger partial charge on any atom is 0.272 e. The molecule has 2 heterocycles. The number of benzene rings is 3. The Bertz CT molecular complexity index is 1800. The molecule has 0 fully saturated rings. The number of anilines is 2. The van der Waals surface area contributed by atoms with Gasteiger partial charge in [0.05, 0.1) is 10.9 Å². The molecule has 10 heteroatoms. The average molecular weight is 639 g/mol. The molecule has 3 N–H and O–H groups in total. The van der Waals surface area contributed by atoms with Gasteiger partial charge in [0.15, 0.2) is 5.13 Å². The van der Waals surface area contributed by atoms with Gasteiger partial charge in [0.25, 0.3) is 11.8 Å². The first-order chi connectivity index (χ1) is 21.2. The fourth-order valence-electron chi connectivity index (χ4n) is 4.21. The van der Waals surface area contributed by atoms with E-state index in [-0.39, 0.29) is 17.5 Å². The van der Waals surface area contributed by atoms with E-state index in [1.807, 2.05) is 80.1 Å². The van der Waals surface area contributed by atoms with Gasteiger partial charge in [-0.05, 0) is 79.6 Å². The largest absolute Gasteiger partial charge is 0.321 e.